The first kappa shape index (κ1) is 21.2. The van der Waals surface area contributed by atoms with Gasteiger partial charge in [-0.1, -0.05) is 18.2 Å². The van der Waals surface area contributed by atoms with E-state index in [1.165, 1.54) is 28.5 Å². The maximum Gasteiger partial charge on any atom is 0.193 e. The number of guanidine groups is 1. The lowest BCUT2D eigenvalue weighted by atomic mass is 10.1. The van der Waals surface area contributed by atoms with Gasteiger partial charge in [-0.2, -0.15) is 0 Å². The van der Waals surface area contributed by atoms with Crippen LogP contribution in [0.1, 0.15) is 43.7 Å². The van der Waals surface area contributed by atoms with Crippen LogP contribution in [-0.4, -0.2) is 67.4 Å². The number of rotatable bonds is 7. The van der Waals surface area contributed by atoms with E-state index >= 15 is 0 Å². The predicted molar refractivity (Wildman–Crippen MR) is 122 cm³/mol. The molecule has 30 heavy (non-hydrogen) atoms. The van der Waals surface area contributed by atoms with Crippen LogP contribution in [0.25, 0.3) is 10.9 Å². The number of piperidine rings is 1. The van der Waals surface area contributed by atoms with Crippen LogP contribution >= 0.6 is 0 Å². The van der Waals surface area contributed by atoms with E-state index < -0.39 is 0 Å². The van der Waals surface area contributed by atoms with E-state index in [1.807, 2.05) is 0 Å². The Balaban J connectivity index is 1.28. The molecule has 6 nitrogen and oxygen atoms in total. The van der Waals surface area contributed by atoms with Crippen LogP contribution in [0, 0.1) is 6.92 Å². The lowest BCUT2D eigenvalue weighted by Crippen LogP contribution is -2.47. The summed E-state index contributed by atoms with van der Waals surface area (Å²) in [5.41, 5.74) is 3.88. The van der Waals surface area contributed by atoms with Crippen molar-refractivity contribution in [3.63, 3.8) is 0 Å². The lowest BCUT2D eigenvalue weighted by molar-refractivity contribution is -0.0367. The maximum absolute atomic E-state index is 6.12. The number of aryl methyl sites for hydroxylation is 1. The summed E-state index contributed by atoms with van der Waals surface area (Å²) in [4.78, 5) is 10.7. The van der Waals surface area contributed by atoms with Crippen molar-refractivity contribution < 1.29 is 9.47 Å². The molecule has 2 saturated heterocycles. The number of hydrogen-bond acceptors (Lipinski definition) is 3. The molecule has 1 unspecified atom stereocenters. The number of likely N-dealkylation sites (tertiary alicyclic amines) is 1. The molecule has 2 N–H and O–H groups in total. The molecule has 4 rings (SSSR count). The van der Waals surface area contributed by atoms with E-state index in [4.69, 9.17) is 14.5 Å². The Kier molecular flexibility index (Phi) is 7.28. The van der Waals surface area contributed by atoms with Gasteiger partial charge in [-0.05, 0) is 57.1 Å². The molecule has 0 spiro atoms. The predicted octanol–water partition coefficient (Wildman–Crippen LogP) is 3.64. The fraction of sp³-hybridized carbons (Fsp3) is 0.625. The molecule has 1 atom stereocenters. The smallest absolute Gasteiger partial charge is 0.193 e. The Morgan fingerprint density at radius 2 is 2.17 bits per heavy atom. The standard InChI is InChI=1S/C24H36N4O2/c1-3-25-24(26-12-9-19-16-27-23-18(2)6-4-8-22(19)23)28-13-10-20(11-14-28)30-17-21-7-5-15-29-21/h4,6,8,16,20-21,27H,3,5,7,9-15,17H2,1-2H3,(H,25,26). The minimum absolute atomic E-state index is 0.315. The summed E-state index contributed by atoms with van der Waals surface area (Å²) in [6.07, 6.45) is 8.17. The van der Waals surface area contributed by atoms with Crippen molar-refractivity contribution >= 4 is 16.9 Å². The van der Waals surface area contributed by atoms with E-state index in [-0.39, 0.29) is 0 Å². The Bertz CT molecular complexity index is 833. The Morgan fingerprint density at radius 1 is 1.30 bits per heavy atom. The minimum Gasteiger partial charge on any atom is -0.376 e. The third-order valence-corrected chi connectivity index (χ3v) is 6.27. The maximum atomic E-state index is 6.12. The zero-order valence-electron chi connectivity index (χ0n) is 18.5. The molecule has 2 aromatic rings. The average molecular weight is 413 g/mol. The molecule has 2 aliphatic heterocycles. The van der Waals surface area contributed by atoms with Gasteiger partial charge in [0.15, 0.2) is 5.96 Å². The molecule has 6 heteroatoms. The van der Waals surface area contributed by atoms with Gasteiger partial charge in [-0.15, -0.1) is 0 Å². The van der Waals surface area contributed by atoms with E-state index in [1.54, 1.807) is 0 Å². The topological polar surface area (TPSA) is 61.9 Å². The number of H-pyrrole nitrogens is 1. The molecule has 1 aromatic carbocycles. The summed E-state index contributed by atoms with van der Waals surface area (Å²) in [6, 6.07) is 6.48. The van der Waals surface area contributed by atoms with E-state index in [9.17, 15) is 0 Å². The van der Waals surface area contributed by atoms with Crippen molar-refractivity contribution in [2.45, 2.75) is 58.2 Å². The van der Waals surface area contributed by atoms with Crippen molar-refractivity contribution in [2.24, 2.45) is 4.99 Å². The largest absolute Gasteiger partial charge is 0.376 e. The van der Waals surface area contributed by atoms with Crippen LogP contribution in [0.4, 0.5) is 0 Å². The zero-order valence-corrected chi connectivity index (χ0v) is 18.5. The number of hydrogen-bond donors (Lipinski definition) is 2. The number of nitrogens with zero attached hydrogens (tertiary/aromatic N) is 2. The summed E-state index contributed by atoms with van der Waals surface area (Å²) < 4.78 is 11.8. The number of ether oxygens (including phenoxy) is 2. The highest BCUT2D eigenvalue weighted by Gasteiger charge is 2.24. The average Bonchev–Trinajstić information content (AvgIpc) is 3.43. The molecule has 3 heterocycles. The fourth-order valence-electron chi connectivity index (χ4n) is 4.53. The second-order valence-electron chi connectivity index (χ2n) is 8.45. The van der Waals surface area contributed by atoms with Gasteiger partial charge in [-0.3, -0.25) is 4.99 Å². The van der Waals surface area contributed by atoms with Crippen LogP contribution in [0.3, 0.4) is 0 Å². The highest BCUT2D eigenvalue weighted by Crippen LogP contribution is 2.22. The quantitative estimate of drug-likeness (QED) is 0.538. The summed E-state index contributed by atoms with van der Waals surface area (Å²) in [5, 5.41) is 4.80. The Morgan fingerprint density at radius 3 is 2.93 bits per heavy atom. The number of para-hydroxylation sites is 1. The number of aromatic nitrogens is 1. The number of benzene rings is 1. The molecule has 2 fully saturated rings. The highest BCUT2D eigenvalue weighted by atomic mass is 16.5. The molecular formula is C24H36N4O2. The van der Waals surface area contributed by atoms with Crippen molar-refractivity contribution in [1.29, 1.82) is 0 Å². The normalized spacial score (nSPS) is 20.9. The van der Waals surface area contributed by atoms with E-state index in [0.29, 0.717) is 12.2 Å². The summed E-state index contributed by atoms with van der Waals surface area (Å²) >= 11 is 0. The van der Waals surface area contributed by atoms with Gasteiger partial charge in [0.1, 0.15) is 0 Å². The summed E-state index contributed by atoms with van der Waals surface area (Å²) in [6.45, 7) is 9.60. The third-order valence-electron chi connectivity index (χ3n) is 6.27. The van der Waals surface area contributed by atoms with Crippen molar-refractivity contribution in [3.05, 3.63) is 35.5 Å². The fourth-order valence-corrected chi connectivity index (χ4v) is 4.53. The first-order valence-electron chi connectivity index (χ1n) is 11.6. The van der Waals surface area contributed by atoms with Crippen molar-refractivity contribution in [3.8, 4) is 0 Å². The van der Waals surface area contributed by atoms with Gasteiger partial charge < -0.3 is 24.7 Å². The van der Waals surface area contributed by atoms with Gasteiger partial charge in [0.25, 0.3) is 0 Å². The van der Waals surface area contributed by atoms with E-state index in [2.05, 4.69) is 53.4 Å². The SMILES string of the molecule is CCNC(=NCCc1c[nH]c2c(C)cccc12)N1CCC(OCC2CCCO2)CC1. The van der Waals surface area contributed by atoms with Crippen LogP contribution < -0.4 is 5.32 Å². The van der Waals surface area contributed by atoms with Gasteiger partial charge >= 0.3 is 0 Å². The molecular weight excluding hydrogens is 376 g/mol. The number of aliphatic imine (C=N–C) groups is 1. The van der Waals surface area contributed by atoms with Crippen LogP contribution in [0.2, 0.25) is 0 Å². The summed E-state index contributed by atoms with van der Waals surface area (Å²) in [7, 11) is 0. The molecule has 0 aliphatic carbocycles. The molecule has 2 aliphatic rings. The monoisotopic (exact) mass is 412 g/mol. The molecule has 0 radical (unpaired) electrons. The van der Waals surface area contributed by atoms with Crippen LogP contribution in [0.15, 0.2) is 29.4 Å². The number of aromatic amines is 1. The molecule has 0 amide bonds. The first-order valence-corrected chi connectivity index (χ1v) is 11.6. The van der Waals surface area contributed by atoms with Gasteiger partial charge in [-0.25, -0.2) is 0 Å². The second kappa shape index (κ2) is 10.3. The number of nitrogens with one attached hydrogen (secondary N) is 2. The van der Waals surface area contributed by atoms with Gasteiger partial charge in [0.2, 0.25) is 0 Å². The zero-order chi connectivity index (χ0) is 20.8. The molecule has 1 aromatic heterocycles. The summed E-state index contributed by atoms with van der Waals surface area (Å²) in [5.74, 6) is 1.03. The van der Waals surface area contributed by atoms with Gasteiger partial charge in [0.05, 0.1) is 18.8 Å². The molecule has 164 valence electrons. The Labute approximate surface area is 180 Å². The third kappa shape index (κ3) is 5.16. The lowest BCUT2D eigenvalue weighted by Gasteiger charge is -2.34. The minimum atomic E-state index is 0.315. The second-order valence-corrected chi connectivity index (χ2v) is 8.45. The first-order chi connectivity index (χ1) is 14.7. The highest BCUT2D eigenvalue weighted by molar-refractivity contribution is 5.86. The Hall–Kier alpha value is -2.05. The van der Waals surface area contributed by atoms with Gasteiger partial charge in [0, 0.05) is 49.9 Å². The van der Waals surface area contributed by atoms with Crippen molar-refractivity contribution in [2.75, 3.05) is 39.4 Å². The van der Waals surface area contributed by atoms with E-state index in [0.717, 1.165) is 71.0 Å². The molecule has 0 bridgehead atoms. The molecule has 0 saturated carbocycles. The number of fused-ring (bicyclic) bond motifs is 1. The van der Waals surface area contributed by atoms with Crippen LogP contribution in [-0.2, 0) is 15.9 Å². The van der Waals surface area contributed by atoms with Crippen molar-refractivity contribution in [1.82, 2.24) is 15.2 Å². The van der Waals surface area contributed by atoms with Crippen LogP contribution in [0.5, 0.6) is 0 Å².